The molecule has 2 rings (SSSR count). The molecule has 3 heteroatoms. The van der Waals surface area contributed by atoms with E-state index >= 15 is 0 Å². The lowest BCUT2D eigenvalue weighted by Crippen LogP contribution is -2.25. The Hall–Kier alpha value is -0.570. The molecule has 110 valence electrons. The van der Waals surface area contributed by atoms with Gasteiger partial charge in [0.2, 0.25) is 0 Å². The second-order valence-corrected chi connectivity index (χ2v) is 7.47. The Labute approximate surface area is 117 Å². The van der Waals surface area contributed by atoms with E-state index in [9.17, 15) is 4.79 Å². The largest absolute Gasteiger partial charge is 0.436 e. The first-order valence-corrected chi connectivity index (χ1v) is 7.66. The second-order valence-electron chi connectivity index (χ2n) is 7.47. The van der Waals surface area contributed by atoms with E-state index in [0.717, 1.165) is 11.8 Å². The van der Waals surface area contributed by atoms with Crippen LogP contribution in [0.25, 0.3) is 0 Å². The van der Waals surface area contributed by atoms with Crippen molar-refractivity contribution in [2.45, 2.75) is 66.1 Å². The predicted molar refractivity (Wildman–Crippen MR) is 74.5 cm³/mol. The van der Waals surface area contributed by atoms with Gasteiger partial charge in [-0.05, 0) is 55.8 Å². The van der Waals surface area contributed by atoms with E-state index in [1.165, 1.54) is 25.7 Å². The van der Waals surface area contributed by atoms with E-state index in [2.05, 4.69) is 20.8 Å². The molecule has 0 aromatic heterocycles. The number of esters is 1. The van der Waals surface area contributed by atoms with E-state index < -0.39 is 6.29 Å². The number of rotatable bonds is 5. The molecule has 0 aliphatic heterocycles. The highest BCUT2D eigenvalue weighted by atomic mass is 16.7. The van der Waals surface area contributed by atoms with Crippen LogP contribution in [-0.4, -0.2) is 18.9 Å². The zero-order chi connectivity index (χ0) is 14.0. The van der Waals surface area contributed by atoms with E-state index in [0.29, 0.717) is 18.9 Å². The minimum absolute atomic E-state index is 0.0785. The molecule has 0 spiro atoms. The SMILES string of the molecule is CC(OCC(C)(C)C)OC(=O)CC1C2CCC1CC2. The Bertz CT molecular complexity index is 298. The maximum atomic E-state index is 12.0. The van der Waals surface area contributed by atoms with E-state index in [4.69, 9.17) is 9.47 Å². The lowest BCUT2D eigenvalue weighted by molar-refractivity contribution is -0.180. The molecular formula is C16H28O3. The molecule has 0 N–H and O–H groups in total. The number of hydrogen-bond donors (Lipinski definition) is 0. The highest BCUT2D eigenvalue weighted by Crippen LogP contribution is 2.50. The normalized spacial score (nSPS) is 31.5. The molecule has 2 bridgehead atoms. The highest BCUT2D eigenvalue weighted by Gasteiger charge is 2.42. The maximum Gasteiger partial charge on any atom is 0.308 e. The van der Waals surface area contributed by atoms with Crippen molar-refractivity contribution in [2.24, 2.45) is 23.2 Å². The van der Waals surface area contributed by atoms with Gasteiger partial charge in [-0.2, -0.15) is 0 Å². The lowest BCUT2D eigenvalue weighted by atomic mass is 9.94. The van der Waals surface area contributed by atoms with Crippen LogP contribution in [0.15, 0.2) is 0 Å². The van der Waals surface area contributed by atoms with Crippen molar-refractivity contribution in [3.05, 3.63) is 0 Å². The Morgan fingerprint density at radius 1 is 1.16 bits per heavy atom. The quantitative estimate of drug-likeness (QED) is 0.562. The standard InChI is InChI=1S/C16H28O3/c1-11(18-10-16(2,3)4)19-15(17)9-14-12-5-6-13(14)8-7-12/h11-14H,5-10H2,1-4H3. The fourth-order valence-electron chi connectivity index (χ4n) is 3.55. The van der Waals surface area contributed by atoms with Crippen LogP contribution in [-0.2, 0) is 14.3 Å². The van der Waals surface area contributed by atoms with Crippen molar-refractivity contribution in [1.29, 1.82) is 0 Å². The number of carbonyl (C=O) groups is 1. The van der Waals surface area contributed by atoms with Gasteiger partial charge in [-0.15, -0.1) is 0 Å². The summed E-state index contributed by atoms with van der Waals surface area (Å²) in [5, 5.41) is 0. The zero-order valence-corrected chi connectivity index (χ0v) is 12.8. The predicted octanol–water partition coefficient (Wildman–Crippen LogP) is 3.76. The highest BCUT2D eigenvalue weighted by molar-refractivity contribution is 5.70. The molecular weight excluding hydrogens is 240 g/mol. The summed E-state index contributed by atoms with van der Waals surface area (Å²) in [5.41, 5.74) is 0.102. The molecule has 0 radical (unpaired) electrons. The number of hydrogen-bond acceptors (Lipinski definition) is 3. The topological polar surface area (TPSA) is 35.5 Å². The van der Waals surface area contributed by atoms with E-state index in [1.807, 2.05) is 6.92 Å². The summed E-state index contributed by atoms with van der Waals surface area (Å²) in [6, 6.07) is 0. The molecule has 1 atom stereocenters. The van der Waals surface area contributed by atoms with Crippen LogP contribution >= 0.6 is 0 Å². The number of carbonyl (C=O) groups excluding carboxylic acids is 1. The molecule has 2 fully saturated rings. The monoisotopic (exact) mass is 268 g/mol. The fraction of sp³-hybridized carbons (Fsp3) is 0.938. The van der Waals surface area contributed by atoms with Crippen LogP contribution in [0, 0.1) is 23.2 Å². The van der Waals surface area contributed by atoms with Crippen molar-refractivity contribution in [1.82, 2.24) is 0 Å². The van der Waals surface area contributed by atoms with Gasteiger partial charge in [0.15, 0.2) is 6.29 Å². The fourth-order valence-corrected chi connectivity index (χ4v) is 3.55. The Morgan fingerprint density at radius 3 is 2.16 bits per heavy atom. The summed E-state index contributed by atoms with van der Waals surface area (Å²) in [4.78, 5) is 12.0. The number of fused-ring (bicyclic) bond motifs is 2. The molecule has 3 nitrogen and oxygen atoms in total. The first-order chi connectivity index (χ1) is 8.85. The van der Waals surface area contributed by atoms with Crippen LogP contribution in [0.4, 0.5) is 0 Å². The third-order valence-electron chi connectivity index (χ3n) is 4.48. The minimum Gasteiger partial charge on any atom is -0.436 e. The van der Waals surface area contributed by atoms with E-state index in [1.54, 1.807) is 0 Å². The minimum atomic E-state index is -0.425. The molecule has 2 aliphatic carbocycles. The average Bonchev–Trinajstić information content (AvgIpc) is 2.85. The molecule has 2 aliphatic rings. The Kier molecular flexibility index (Phi) is 4.54. The molecule has 0 saturated heterocycles. The van der Waals surface area contributed by atoms with Gasteiger partial charge >= 0.3 is 5.97 Å². The molecule has 19 heavy (non-hydrogen) atoms. The van der Waals surface area contributed by atoms with Crippen LogP contribution < -0.4 is 0 Å². The van der Waals surface area contributed by atoms with Crippen LogP contribution in [0.3, 0.4) is 0 Å². The summed E-state index contributed by atoms with van der Waals surface area (Å²) < 4.78 is 10.9. The van der Waals surface area contributed by atoms with Gasteiger partial charge < -0.3 is 9.47 Å². The van der Waals surface area contributed by atoms with Gasteiger partial charge in [-0.25, -0.2) is 0 Å². The third-order valence-corrected chi connectivity index (χ3v) is 4.48. The lowest BCUT2D eigenvalue weighted by Gasteiger charge is -2.22. The smallest absolute Gasteiger partial charge is 0.308 e. The first-order valence-electron chi connectivity index (χ1n) is 7.66. The van der Waals surface area contributed by atoms with Crippen molar-refractivity contribution in [2.75, 3.05) is 6.61 Å². The zero-order valence-electron chi connectivity index (χ0n) is 12.8. The van der Waals surface area contributed by atoms with Crippen LogP contribution in [0.1, 0.15) is 59.8 Å². The first kappa shape index (κ1) is 14.8. The average molecular weight is 268 g/mol. The summed E-state index contributed by atoms with van der Waals surface area (Å²) in [5.74, 6) is 2.07. The molecule has 0 heterocycles. The second kappa shape index (κ2) is 5.82. The Balaban J connectivity index is 1.69. The molecule has 0 amide bonds. The van der Waals surface area contributed by atoms with Gasteiger partial charge in [0, 0.05) is 6.42 Å². The molecule has 1 unspecified atom stereocenters. The maximum absolute atomic E-state index is 12.0. The molecule has 0 aromatic rings. The van der Waals surface area contributed by atoms with Gasteiger partial charge in [0.05, 0.1) is 6.61 Å². The summed E-state index contributed by atoms with van der Waals surface area (Å²) in [6.07, 6.45) is 5.44. The third kappa shape index (κ3) is 4.20. The van der Waals surface area contributed by atoms with Gasteiger partial charge in [-0.3, -0.25) is 4.79 Å². The van der Waals surface area contributed by atoms with Gasteiger partial charge in [0.1, 0.15) is 0 Å². The Morgan fingerprint density at radius 2 is 1.68 bits per heavy atom. The summed E-state index contributed by atoms with van der Waals surface area (Å²) in [7, 11) is 0. The molecule has 2 saturated carbocycles. The van der Waals surface area contributed by atoms with Crippen LogP contribution in [0.5, 0.6) is 0 Å². The number of ether oxygens (including phenoxy) is 2. The van der Waals surface area contributed by atoms with Crippen molar-refractivity contribution >= 4 is 5.97 Å². The van der Waals surface area contributed by atoms with Gasteiger partial charge in [-0.1, -0.05) is 20.8 Å². The summed E-state index contributed by atoms with van der Waals surface area (Å²) in [6.45, 7) is 8.75. The van der Waals surface area contributed by atoms with Crippen LogP contribution in [0.2, 0.25) is 0 Å². The summed E-state index contributed by atoms with van der Waals surface area (Å²) >= 11 is 0. The van der Waals surface area contributed by atoms with E-state index in [-0.39, 0.29) is 11.4 Å². The molecule has 0 aromatic carbocycles. The van der Waals surface area contributed by atoms with Gasteiger partial charge in [0.25, 0.3) is 0 Å². The van der Waals surface area contributed by atoms with Crippen molar-refractivity contribution in [3.63, 3.8) is 0 Å². The van der Waals surface area contributed by atoms with Crippen molar-refractivity contribution in [3.8, 4) is 0 Å². The van der Waals surface area contributed by atoms with Crippen molar-refractivity contribution < 1.29 is 14.3 Å².